The Morgan fingerprint density at radius 1 is 1.03 bits per heavy atom. The molecule has 2 atom stereocenters. The number of ether oxygens (including phenoxy) is 1. The van der Waals surface area contributed by atoms with Gasteiger partial charge in [0.05, 0.1) is 10.0 Å². The number of benzene rings is 2. The maximum atomic E-state index is 13.2. The van der Waals surface area contributed by atoms with Crippen LogP contribution in [0.5, 0.6) is 5.75 Å². The fourth-order valence-corrected chi connectivity index (χ4v) is 3.48. The number of amides is 2. The van der Waals surface area contributed by atoms with E-state index >= 15 is 0 Å². The van der Waals surface area contributed by atoms with Gasteiger partial charge in [-0.25, -0.2) is 0 Å². The summed E-state index contributed by atoms with van der Waals surface area (Å²) in [4.78, 5) is 27.4. The van der Waals surface area contributed by atoms with Crippen LogP contribution in [-0.4, -0.2) is 35.4 Å². The van der Waals surface area contributed by atoms with Gasteiger partial charge in [-0.3, -0.25) is 9.59 Å². The number of nitrogens with zero attached hydrogens (tertiary/aromatic N) is 1. The molecular weight excluding hydrogens is 459 g/mol. The molecule has 180 valence electrons. The van der Waals surface area contributed by atoms with Gasteiger partial charge in [0.15, 0.2) is 6.61 Å². The zero-order chi connectivity index (χ0) is 24.8. The summed E-state index contributed by atoms with van der Waals surface area (Å²) in [6, 6.07) is 12.2. The third-order valence-electron chi connectivity index (χ3n) is 5.59. The van der Waals surface area contributed by atoms with Crippen molar-refractivity contribution in [2.24, 2.45) is 0 Å². The van der Waals surface area contributed by atoms with Gasteiger partial charge >= 0.3 is 0 Å². The minimum absolute atomic E-state index is 0.0134. The van der Waals surface area contributed by atoms with Gasteiger partial charge in [-0.05, 0) is 61.1 Å². The summed E-state index contributed by atoms with van der Waals surface area (Å²) in [6.45, 7) is 12.1. The third-order valence-corrected chi connectivity index (χ3v) is 6.33. The highest BCUT2D eigenvalue weighted by atomic mass is 35.5. The molecule has 0 heterocycles. The average Bonchev–Trinajstić information content (AvgIpc) is 2.77. The SMILES string of the molecule is CC[C@@H](C)NC(=O)[C@H](C)N(Cc1ccc(Cl)c(Cl)c1)C(=O)COc1ccc(C(C)(C)C)cc1. The lowest BCUT2D eigenvalue weighted by Crippen LogP contribution is -2.50. The fourth-order valence-electron chi connectivity index (χ4n) is 3.16. The first-order valence-corrected chi connectivity index (χ1v) is 11.9. The second-order valence-electron chi connectivity index (χ2n) is 9.33. The quantitative estimate of drug-likeness (QED) is 0.466. The van der Waals surface area contributed by atoms with E-state index in [1.807, 2.05) is 38.1 Å². The Bertz CT molecular complexity index is 955. The Balaban J connectivity index is 2.17. The zero-order valence-electron chi connectivity index (χ0n) is 20.2. The molecule has 0 fully saturated rings. The number of hydrogen-bond donors (Lipinski definition) is 1. The molecule has 0 aliphatic heterocycles. The topological polar surface area (TPSA) is 58.6 Å². The fraction of sp³-hybridized carbons (Fsp3) is 0.462. The molecule has 0 aromatic heterocycles. The van der Waals surface area contributed by atoms with Gasteiger partial charge in [-0.15, -0.1) is 0 Å². The number of carbonyl (C=O) groups is 2. The summed E-state index contributed by atoms with van der Waals surface area (Å²) in [7, 11) is 0. The number of rotatable bonds is 9. The number of hydrogen-bond acceptors (Lipinski definition) is 3. The lowest BCUT2D eigenvalue weighted by Gasteiger charge is -2.29. The summed E-state index contributed by atoms with van der Waals surface area (Å²) in [5.74, 6) is 0.0857. The molecule has 2 amide bonds. The van der Waals surface area contributed by atoms with Gasteiger partial charge in [0.2, 0.25) is 5.91 Å². The first-order valence-electron chi connectivity index (χ1n) is 11.2. The largest absolute Gasteiger partial charge is 0.484 e. The highest BCUT2D eigenvalue weighted by Crippen LogP contribution is 2.25. The molecule has 2 aromatic rings. The number of nitrogens with one attached hydrogen (secondary N) is 1. The van der Waals surface area contributed by atoms with Crippen molar-refractivity contribution in [2.45, 2.75) is 72.0 Å². The second-order valence-corrected chi connectivity index (χ2v) is 10.1. The first kappa shape index (κ1) is 27.0. The molecule has 0 unspecified atom stereocenters. The lowest BCUT2D eigenvalue weighted by molar-refractivity contribution is -0.142. The number of carbonyl (C=O) groups excluding carboxylic acids is 2. The van der Waals surface area contributed by atoms with Crippen molar-refractivity contribution in [3.8, 4) is 5.75 Å². The van der Waals surface area contributed by atoms with Gasteiger partial charge in [-0.1, -0.05) is 69.1 Å². The Hall–Kier alpha value is -2.24. The summed E-state index contributed by atoms with van der Waals surface area (Å²) in [5, 5.41) is 3.77. The van der Waals surface area contributed by atoms with E-state index < -0.39 is 6.04 Å². The van der Waals surface area contributed by atoms with E-state index in [-0.39, 0.29) is 36.4 Å². The molecule has 5 nitrogen and oxygen atoms in total. The molecule has 0 aliphatic carbocycles. The molecule has 0 saturated carbocycles. The van der Waals surface area contributed by atoms with Crippen LogP contribution in [0.1, 0.15) is 59.1 Å². The van der Waals surface area contributed by atoms with E-state index in [2.05, 4.69) is 26.1 Å². The minimum Gasteiger partial charge on any atom is -0.484 e. The van der Waals surface area contributed by atoms with E-state index in [9.17, 15) is 9.59 Å². The zero-order valence-corrected chi connectivity index (χ0v) is 21.8. The molecule has 1 N–H and O–H groups in total. The second kappa shape index (κ2) is 11.8. The molecule has 2 aromatic carbocycles. The first-order chi connectivity index (χ1) is 15.4. The maximum Gasteiger partial charge on any atom is 0.261 e. The molecule has 0 spiro atoms. The van der Waals surface area contributed by atoms with E-state index in [0.717, 1.165) is 12.0 Å². The summed E-state index contributed by atoms with van der Waals surface area (Å²) in [5.41, 5.74) is 1.98. The highest BCUT2D eigenvalue weighted by molar-refractivity contribution is 6.42. The van der Waals surface area contributed by atoms with Crippen LogP contribution in [0.3, 0.4) is 0 Å². The van der Waals surface area contributed by atoms with Crippen LogP contribution < -0.4 is 10.1 Å². The minimum atomic E-state index is -0.687. The average molecular weight is 493 g/mol. The predicted molar refractivity (Wildman–Crippen MR) is 135 cm³/mol. The van der Waals surface area contributed by atoms with Gasteiger partial charge in [0, 0.05) is 12.6 Å². The molecule has 0 aliphatic rings. The van der Waals surface area contributed by atoms with Crippen molar-refractivity contribution in [1.29, 1.82) is 0 Å². The van der Waals surface area contributed by atoms with E-state index in [4.69, 9.17) is 27.9 Å². The monoisotopic (exact) mass is 492 g/mol. The van der Waals surface area contributed by atoms with Crippen LogP contribution in [0.2, 0.25) is 10.0 Å². The van der Waals surface area contributed by atoms with Crippen molar-refractivity contribution in [3.05, 3.63) is 63.6 Å². The van der Waals surface area contributed by atoms with Gasteiger partial charge in [0.25, 0.3) is 5.91 Å². The van der Waals surface area contributed by atoms with Crippen LogP contribution in [0, 0.1) is 0 Å². The normalized spacial score (nSPS) is 13.2. The lowest BCUT2D eigenvalue weighted by atomic mass is 9.87. The highest BCUT2D eigenvalue weighted by Gasteiger charge is 2.27. The molecule has 7 heteroatoms. The standard InChI is InChI=1S/C26H34Cl2N2O3/c1-7-17(2)29-25(32)18(3)30(15-19-8-13-22(27)23(28)14-19)24(31)16-33-21-11-9-20(10-12-21)26(4,5)6/h8-14,17-18H,7,15-16H2,1-6H3,(H,29,32)/t17-,18+/m1/s1. The van der Waals surface area contributed by atoms with Crippen molar-refractivity contribution in [2.75, 3.05) is 6.61 Å². The van der Waals surface area contributed by atoms with Crippen LogP contribution >= 0.6 is 23.2 Å². The van der Waals surface area contributed by atoms with E-state index in [1.54, 1.807) is 25.1 Å². The van der Waals surface area contributed by atoms with Crippen molar-refractivity contribution < 1.29 is 14.3 Å². The summed E-state index contributed by atoms with van der Waals surface area (Å²) in [6.07, 6.45) is 0.798. The van der Waals surface area contributed by atoms with Crippen molar-refractivity contribution in [1.82, 2.24) is 10.2 Å². The Labute approximate surface area is 207 Å². The van der Waals surface area contributed by atoms with Crippen LogP contribution in [0.25, 0.3) is 0 Å². The summed E-state index contributed by atoms with van der Waals surface area (Å²) < 4.78 is 5.76. The van der Waals surface area contributed by atoms with Gasteiger partial charge in [-0.2, -0.15) is 0 Å². The van der Waals surface area contributed by atoms with Crippen LogP contribution in [-0.2, 0) is 21.5 Å². The van der Waals surface area contributed by atoms with E-state index in [1.165, 1.54) is 10.5 Å². The van der Waals surface area contributed by atoms with Crippen LogP contribution in [0.15, 0.2) is 42.5 Å². The molecule has 0 bridgehead atoms. The van der Waals surface area contributed by atoms with Gasteiger partial charge < -0.3 is 15.0 Å². The Kier molecular flexibility index (Phi) is 9.62. The van der Waals surface area contributed by atoms with E-state index in [0.29, 0.717) is 15.8 Å². The Morgan fingerprint density at radius 2 is 1.67 bits per heavy atom. The van der Waals surface area contributed by atoms with Gasteiger partial charge in [0.1, 0.15) is 11.8 Å². The molecular formula is C26H34Cl2N2O3. The third kappa shape index (κ3) is 7.94. The molecule has 33 heavy (non-hydrogen) atoms. The molecule has 0 radical (unpaired) electrons. The van der Waals surface area contributed by atoms with Crippen molar-refractivity contribution in [3.63, 3.8) is 0 Å². The number of halogens is 2. The predicted octanol–water partition coefficient (Wildman–Crippen LogP) is 6.00. The molecule has 0 saturated heterocycles. The maximum absolute atomic E-state index is 13.2. The Morgan fingerprint density at radius 3 is 2.21 bits per heavy atom. The smallest absolute Gasteiger partial charge is 0.261 e. The van der Waals surface area contributed by atoms with Crippen molar-refractivity contribution >= 4 is 35.0 Å². The molecule has 2 rings (SSSR count). The summed E-state index contributed by atoms with van der Waals surface area (Å²) >= 11 is 12.2. The van der Waals surface area contributed by atoms with Crippen LogP contribution in [0.4, 0.5) is 0 Å².